The first-order valence-electron chi connectivity index (χ1n) is 11.7. The minimum Gasteiger partial charge on any atom is -0.497 e. The van der Waals surface area contributed by atoms with E-state index in [0.29, 0.717) is 18.9 Å². The van der Waals surface area contributed by atoms with E-state index in [9.17, 15) is 9.90 Å². The Morgan fingerprint density at radius 2 is 1.42 bits per heavy atom. The Balaban J connectivity index is 1.27. The number of benzene rings is 3. The molecule has 3 aromatic carbocycles. The van der Waals surface area contributed by atoms with Gasteiger partial charge in [-0.3, -0.25) is 4.79 Å². The van der Waals surface area contributed by atoms with Crippen LogP contribution in [0.4, 0.5) is 0 Å². The van der Waals surface area contributed by atoms with Crippen LogP contribution in [0.25, 0.3) is 11.1 Å². The van der Waals surface area contributed by atoms with Crippen LogP contribution in [-0.2, 0) is 17.6 Å². The lowest BCUT2D eigenvalue weighted by atomic mass is 9.58. The van der Waals surface area contributed by atoms with Crippen molar-refractivity contribution in [2.24, 2.45) is 11.3 Å². The van der Waals surface area contributed by atoms with Crippen molar-refractivity contribution < 1.29 is 19.4 Å². The molecule has 0 heterocycles. The molecule has 4 heteroatoms. The summed E-state index contributed by atoms with van der Waals surface area (Å²) in [7, 11) is 1.67. The van der Waals surface area contributed by atoms with Gasteiger partial charge in [0, 0.05) is 6.42 Å². The number of rotatable bonds is 10. The van der Waals surface area contributed by atoms with E-state index >= 15 is 0 Å². The highest BCUT2D eigenvalue weighted by molar-refractivity contribution is 5.76. The molecule has 1 saturated carbocycles. The number of aliphatic carboxylic acids is 1. The third-order valence-electron chi connectivity index (χ3n) is 6.89. The van der Waals surface area contributed by atoms with E-state index < -0.39 is 11.4 Å². The molecule has 1 aliphatic rings. The summed E-state index contributed by atoms with van der Waals surface area (Å²) in [6.07, 6.45) is 4.06. The Hall–Kier alpha value is -3.27. The van der Waals surface area contributed by atoms with Crippen LogP contribution < -0.4 is 9.47 Å². The molecule has 1 N–H and O–H groups in total. The molecule has 0 atom stereocenters. The standard InChI is InChI=1S/C29H32O4/c1-3-21-18-29(19-21,28(30)31)20-23-6-12-27(13-7-23)33-17-16-22-4-8-24(9-5-22)25-10-14-26(32-2)15-11-25/h4-15,21H,3,16-20H2,1-2H3,(H,30,31). The zero-order valence-electron chi connectivity index (χ0n) is 19.4. The number of hydrogen-bond donors (Lipinski definition) is 1. The molecule has 4 rings (SSSR count). The average Bonchev–Trinajstić information content (AvgIpc) is 2.82. The molecule has 0 spiro atoms. The van der Waals surface area contributed by atoms with Crippen molar-refractivity contribution in [1.29, 1.82) is 0 Å². The summed E-state index contributed by atoms with van der Waals surface area (Å²) in [5.74, 6) is 1.56. The monoisotopic (exact) mass is 444 g/mol. The zero-order valence-corrected chi connectivity index (χ0v) is 19.4. The number of carbonyl (C=O) groups is 1. The Labute approximate surface area is 196 Å². The van der Waals surface area contributed by atoms with E-state index in [1.165, 1.54) is 11.1 Å². The number of methoxy groups -OCH3 is 1. The molecular weight excluding hydrogens is 412 g/mol. The summed E-state index contributed by atoms with van der Waals surface area (Å²) in [5.41, 5.74) is 4.04. The normalized spacial score (nSPS) is 19.5. The molecule has 4 nitrogen and oxygen atoms in total. The van der Waals surface area contributed by atoms with Crippen LogP contribution in [0.2, 0.25) is 0 Å². The van der Waals surface area contributed by atoms with Gasteiger partial charge in [0.25, 0.3) is 0 Å². The van der Waals surface area contributed by atoms with Gasteiger partial charge >= 0.3 is 5.97 Å². The Kier molecular flexibility index (Phi) is 7.02. The quantitative estimate of drug-likeness (QED) is 0.392. The van der Waals surface area contributed by atoms with Crippen molar-refractivity contribution in [2.75, 3.05) is 13.7 Å². The maximum absolute atomic E-state index is 11.8. The van der Waals surface area contributed by atoms with Crippen LogP contribution in [0.1, 0.15) is 37.3 Å². The fourth-order valence-electron chi connectivity index (χ4n) is 4.76. The maximum Gasteiger partial charge on any atom is 0.309 e. The van der Waals surface area contributed by atoms with Gasteiger partial charge in [-0.05, 0) is 71.7 Å². The number of ether oxygens (including phenoxy) is 2. The van der Waals surface area contributed by atoms with E-state index in [2.05, 4.69) is 43.3 Å². The molecule has 3 aromatic rings. The van der Waals surface area contributed by atoms with E-state index in [0.717, 1.165) is 48.3 Å². The maximum atomic E-state index is 11.8. The lowest BCUT2D eigenvalue weighted by Crippen LogP contribution is -2.45. The zero-order chi connectivity index (χ0) is 23.3. The van der Waals surface area contributed by atoms with Crippen LogP contribution in [0.5, 0.6) is 11.5 Å². The molecular formula is C29H32O4. The topological polar surface area (TPSA) is 55.8 Å². The van der Waals surface area contributed by atoms with Gasteiger partial charge in [0.2, 0.25) is 0 Å². The molecule has 1 aliphatic carbocycles. The number of hydrogen-bond acceptors (Lipinski definition) is 3. The van der Waals surface area contributed by atoms with Crippen LogP contribution >= 0.6 is 0 Å². The Bertz CT molecular complexity index is 1050. The third-order valence-corrected chi connectivity index (χ3v) is 6.89. The molecule has 0 aliphatic heterocycles. The van der Waals surface area contributed by atoms with Gasteiger partial charge in [-0.25, -0.2) is 0 Å². The van der Waals surface area contributed by atoms with Crippen molar-refractivity contribution >= 4 is 5.97 Å². The Morgan fingerprint density at radius 3 is 1.97 bits per heavy atom. The van der Waals surface area contributed by atoms with Crippen LogP contribution in [0, 0.1) is 11.3 Å². The van der Waals surface area contributed by atoms with Gasteiger partial charge in [-0.1, -0.05) is 61.9 Å². The summed E-state index contributed by atoms with van der Waals surface area (Å²) in [5, 5.41) is 9.71. The molecule has 33 heavy (non-hydrogen) atoms. The molecule has 0 saturated heterocycles. The highest BCUT2D eigenvalue weighted by Gasteiger charge is 2.49. The highest BCUT2D eigenvalue weighted by atomic mass is 16.5. The van der Waals surface area contributed by atoms with Crippen molar-refractivity contribution in [1.82, 2.24) is 0 Å². The van der Waals surface area contributed by atoms with Crippen LogP contribution in [0.15, 0.2) is 72.8 Å². The predicted octanol–water partition coefficient (Wildman–Crippen LogP) is 6.42. The summed E-state index contributed by atoms with van der Waals surface area (Å²) < 4.78 is 11.1. The predicted molar refractivity (Wildman–Crippen MR) is 131 cm³/mol. The van der Waals surface area contributed by atoms with Gasteiger partial charge in [-0.2, -0.15) is 0 Å². The van der Waals surface area contributed by atoms with Crippen molar-refractivity contribution in [3.05, 3.63) is 83.9 Å². The van der Waals surface area contributed by atoms with Crippen LogP contribution in [0.3, 0.4) is 0 Å². The molecule has 0 aromatic heterocycles. The van der Waals surface area contributed by atoms with Gasteiger partial charge in [0.1, 0.15) is 11.5 Å². The minimum absolute atomic E-state index is 0.550. The largest absolute Gasteiger partial charge is 0.497 e. The minimum atomic E-state index is -0.662. The number of carboxylic acid groups (broad SMARTS) is 1. The molecule has 0 amide bonds. The summed E-state index contributed by atoms with van der Waals surface area (Å²) in [6.45, 7) is 2.73. The first kappa shape index (κ1) is 22.9. The average molecular weight is 445 g/mol. The van der Waals surface area contributed by atoms with Gasteiger partial charge in [-0.15, -0.1) is 0 Å². The van der Waals surface area contributed by atoms with E-state index in [1.54, 1.807) is 7.11 Å². The van der Waals surface area contributed by atoms with E-state index in [1.807, 2.05) is 36.4 Å². The molecule has 172 valence electrons. The molecule has 1 fully saturated rings. The highest BCUT2D eigenvalue weighted by Crippen LogP contribution is 2.49. The molecule has 0 bridgehead atoms. The summed E-state index contributed by atoms with van der Waals surface area (Å²) >= 11 is 0. The first-order valence-corrected chi connectivity index (χ1v) is 11.7. The first-order chi connectivity index (χ1) is 16.0. The van der Waals surface area contributed by atoms with Crippen LogP contribution in [-0.4, -0.2) is 24.8 Å². The molecule has 0 unspecified atom stereocenters. The summed E-state index contributed by atoms with van der Waals surface area (Å²) in [4.78, 5) is 11.8. The SMILES string of the molecule is CCC1CC(Cc2ccc(OCCc3ccc(-c4ccc(OC)cc4)cc3)cc2)(C(=O)O)C1. The smallest absolute Gasteiger partial charge is 0.309 e. The molecule has 0 radical (unpaired) electrons. The van der Waals surface area contributed by atoms with E-state index in [4.69, 9.17) is 9.47 Å². The van der Waals surface area contributed by atoms with Crippen molar-refractivity contribution in [3.63, 3.8) is 0 Å². The number of carboxylic acids is 1. The van der Waals surface area contributed by atoms with Gasteiger partial charge in [0.15, 0.2) is 0 Å². The summed E-state index contributed by atoms with van der Waals surface area (Å²) in [6, 6.07) is 24.5. The second kappa shape index (κ2) is 10.1. The Morgan fingerprint density at radius 1 is 0.879 bits per heavy atom. The van der Waals surface area contributed by atoms with E-state index in [-0.39, 0.29) is 0 Å². The van der Waals surface area contributed by atoms with Crippen molar-refractivity contribution in [3.8, 4) is 22.6 Å². The van der Waals surface area contributed by atoms with Gasteiger partial charge < -0.3 is 14.6 Å². The third kappa shape index (κ3) is 5.39. The fraction of sp³-hybridized carbons (Fsp3) is 0.345. The van der Waals surface area contributed by atoms with Gasteiger partial charge in [0.05, 0.1) is 19.1 Å². The second-order valence-electron chi connectivity index (χ2n) is 9.11. The lowest BCUT2D eigenvalue weighted by Gasteiger charge is -2.44. The van der Waals surface area contributed by atoms with Crippen molar-refractivity contribution in [2.45, 2.75) is 39.0 Å². The lowest BCUT2D eigenvalue weighted by molar-refractivity contribution is -0.158. The second-order valence-corrected chi connectivity index (χ2v) is 9.11. The fourth-order valence-corrected chi connectivity index (χ4v) is 4.76.